The van der Waals surface area contributed by atoms with E-state index in [0.717, 1.165) is 31.4 Å². The molecular formula is C27H25BrN4O3S2. The average molecular weight is 598 g/mol. The molecule has 1 aliphatic rings. The van der Waals surface area contributed by atoms with Gasteiger partial charge in [-0.1, -0.05) is 62.4 Å². The minimum Gasteiger partial charge on any atom is -0.449 e. The highest BCUT2D eigenvalue weighted by molar-refractivity contribution is 9.10. The van der Waals surface area contributed by atoms with Gasteiger partial charge in [-0.2, -0.15) is 0 Å². The summed E-state index contributed by atoms with van der Waals surface area (Å²) in [6, 6.07) is 16.0. The lowest BCUT2D eigenvalue weighted by Crippen LogP contribution is -2.40. The number of ether oxygens (including phenoxy) is 1. The lowest BCUT2D eigenvalue weighted by Gasteiger charge is -2.20. The molecule has 0 fully saturated rings. The molecule has 1 unspecified atom stereocenters. The number of halogens is 1. The predicted octanol–water partition coefficient (Wildman–Crippen LogP) is 6.38. The summed E-state index contributed by atoms with van der Waals surface area (Å²) < 4.78 is 6.30. The highest BCUT2D eigenvalue weighted by atomic mass is 79.9. The van der Waals surface area contributed by atoms with E-state index in [9.17, 15) is 9.59 Å². The second-order valence-electron chi connectivity index (χ2n) is 9.01. The van der Waals surface area contributed by atoms with Gasteiger partial charge in [-0.05, 0) is 44.1 Å². The molecule has 0 saturated heterocycles. The van der Waals surface area contributed by atoms with E-state index in [4.69, 9.17) is 9.72 Å². The molecule has 0 bridgehead atoms. The molecule has 7 nitrogen and oxygen atoms in total. The number of carbonyl (C=O) groups is 2. The maximum atomic E-state index is 12.7. The third-order valence-corrected chi connectivity index (χ3v) is 8.71. The molecule has 0 spiro atoms. The molecule has 37 heavy (non-hydrogen) atoms. The van der Waals surface area contributed by atoms with Gasteiger partial charge in [0.05, 0.1) is 6.04 Å². The zero-order valence-electron chi connectivity index (χ0n) is 20.2. The van der Waals surface area contributed by atoms with Crippen molar-refractivity contribution >= 4 is 50.6 Å². The number of benzene rings is 2. The highest BCUT2D eigenvalue weighted by Crippen LogP contribution is 2.44. The van der Waals surface area contributed by atoms with Crippen LogP contribution >= 0.6 is 38.6 Å². The minimum atomic E-state index is -0.621. The third kappa shape index (κ3) is 5.61. The monoisotopic (exact) mass is 596 g/mol. The minimum absolute atomic E-state index is 0.0325. The molecule has 190 valence electrons. The van der Waals surface area contributed by atoms with Gasteiger partial charge in [-0.25, -0.2) is 14.8 Å². The molecule has 4 aromatic rings. The van der Waals surface area contributed by atoms with Crippen molar-refractivity contribution in [3.8, 4) is 21.8 Å². The number of thiazole rings is 2. The first-order valence-corrected chi connectivity index (χ1v) is 14.4. The summed E-state index contributed by atoms with van der Waals surface area (Å²) in [6.07, 6.45) is -0.621. The van der Waals surface area contributed by atoms with Gasteiger partial charge in [0.15, 0.2) is 0 Å². The maximum Gasteiger partial charge on any atom is 0.407 e. The van der Waals surface area contributed by atoms with Crippen molar-refractivity contribution in [2.45, 2.75) is 25.8 Å². The summed E-state index contributed by atoms with van der Waals surface area (Å²) in [5.74, 6) is -0.226. The number of carbonyl (C=O) groups excluding carboxylic acids is 2. The largest absolute Gasteiger partial charge is 0.449 e. The number of aromatic nitrogens is 2. The van der Waals surface area contributed by atoms with Crippen LogP contribution in [0.25, 0.3) is 21.8 Å². The van der Waals surface area contributed by atoms with Crippen molar-refractivity contribution in [2.75, 3.05) is 13.2 Å². The van der Waals surface area contributed by atoms with Crippen LogP contribution in [0.4, 0.5) is 4.79 Å². The van der Waals surface area contributed by atoms with Gasteiger partial charge in [0.1, 0.15) is 33.5 Å². The molecular weight excluding hydrogens is 572 g/mol. The van der Waals surface area contributed by atoms with E-state index in [1.807, 2.05) is 48.9 Å². The van der Waals surface area contributed by atoms with Crippen molar-refractivity contribution < 1.29 is 14.3 Å². The highest BCUT2D eigenvalue weighted by Gasteiger charge is 2.29. The number of fused-ring (bicyclic) bond motifs is 3. The summed E-state index contributed by atoms with van der Waals surface area (Å²) in [6.45, 7) is 4.05. The molecule has 2 aromatic heterocycles. The van der Waals surface area contributed by atoms with E-state index in [2.05, 4.69) is 55.8 Å². The SMILES string of the molecule is CC(C)C(NC(=O)CNC(=O)OCC1c2ccccc2-c2ccccc21)c1nc(-c2nc(Br)cs2)cs1. The van der Waals surface area contributed by atoms with Crippen molar-refractivity contribution in [1.82, 2.24) is 20.6 Å². The Kier molecular flexibility index (Phi) is 7.68. The summed E-state index contributed by atoms with van der Waals surface area (Å²) in [5.41, 5.74) is 5.40. The van der Waals surface area contributed by atoms with Crippen molar-refractivity contribution in [3.63, 3.8) is 0 Å². The Morgan fingerprint density at radius 2 is 1.68 bits per heavy atom. The normalized spacial score (nSPS) is 13.2. The third-order valence-electron chi connectivity index (χ3n) is 6.20. The zero-order chi connectivity index (χ0) is 25.9. The first-order chi connectivity index (χ1) is 17.9. The molecule has 2 aromatic carbocycles. The Morgan fingerprint density at radius 1 is 1.00 bits per heavy atom. The van der Waals surface area contributed by atoms with Crippen molar-refractivity contribution in [1.29, 1.82) is 0 Å². The van der Waals surface area contributed by atoms with Crippen LogP contribution in [-0.4, -0.2) is 35.1 Å². The quantitative estimate of drug-likeness (QED) is 0.246. The fourth-order valence-electron chi connectivity index (χ4n) is 4.44. The molecule has 0 radical (unpaired) electrons. The van der Waals surface area contributed by atoms with E-state index in [1.54, 1.807) is 0 Å². The first kappa shape index (κ1) is 25.6. The summed E-state index contributed by atoms with van der Waals surface area (Å²) in [7, 11) is 0. The van der Waals surface area contributed by atoms with Crippen LogP contribution in [0.2, 0.25) is 0 Å². The molecule has 0 aliphatic heterocycles. The topological polar surface area (TPSA) is 93.2 Å². The molecule has 2 N–H and O–H groups in total. The van der Waals surface area contributed by atoms with Gasteiger partial charge >= 0.3 is 6.09 Å². The van der Waals surface area contributed by atoms with Gasteiger partial charge in [0.25, 0.3) is 0 Å². The Balaban J connectivity index is 1.16. The summed E-state index contributed by atoms with van der Waals surface area (Å²) >= 11 is 6.35. The number of nitrogens with zero attached hydrogens (tertiary/aromatic N) is 2. The molecule has 10 heteroatoms. The molecule has 2 heterocycles. The zero-order valence-corrected chi connectivity index (χ0v) is 23.5. The second-order valence-corrected chi connectivity index (χ2v) is 11.6. The summed E-state index contributed by atoms with van der Waals surface area (Å²) in [4.78, 5) is 34.2. The van der Waals surface area contributed by atoms with E-state index in [-0.39, 0.29) is 36.9 Å². The van der Waals surface area contributed by atoms with Crippen LogP contribution in [0.1, 0.15) is 41.9 Å². The number of nitrogens with one attached hydrogen (secondary N) is 2. The Hall–Kier alpha value is -3.08. The lowest BCUT2D eigenvalue weighted by atomic mass is 9.98. The van der Waals surface area contributed by atoms with Crippen LogP contribution in [0.5, 0.6) is 0 Å². The first-order valence-electron chi connectivity index (χ1n) is 11.9. The fraction of sp³-hybridized carbons (Fsp3) is 0.259. The standard InChI is InChI=1S/C27H25BrN4O3S2/c1-15(2)24(26-30-21(13-36-26)25-31-22(28)14-37-25)32-23(33)11-29-27(34)35-12-20-18-9-5-3-7-16(18)17-8-4-6-10-19(17)20/h3-10,13-15,20,24H,11-12H2,1-2H3,(H,29,34)(H,32,33). The Morgan fingerprint density at radius 3 is 2.30 bits per heavy atom. The maximum absolute atomic E-state index is 12.7. The van der Waals surface area contributed by atoms with Gasteiger partial charge in [0, 0.05) is 16.7 Å². The summed E-state index contributed by atoms with van der Waals surface area (Å²) in [5, 5.41) is 11.0. The van der Waals surface area contributed by atoms with Crippen LogP contribution in [-0.2, 0) is 9.53 Å². The Labute approximate surface area is 231 Å². The van der Waals surface area contributed by atoms with Gasteiger partial charge < -0.3 is 15.4 Å². The molecule has 2 amide bonds. The van der Waals surface area contributed by atoms with Gasteiger partial charge in [0.2, 0.25) is 5.91 Å². The molecule has 0 saturated carbocycles. The number of hydrogen-bond donors (Lipinski definition) is 2. The number of rotatable bonds is 8. The van der Waals surface area contributed by atoms with E-state index >= 15 is 0 Å². The van der Waals surface area contributed by atoms with Crippen LogP contribution in [0.15, 0.2) is 63.9 Å². The van der Waals surface area contributed by atoms with E-state index < -0.39 is 6.09 Å². The predicted molar refractivity (Wildman–Crippen MR) is 150 cm³/mol. The van der Waals surface area contributed by atoms with Crippen LogP contribution in [0, 0.1) is 5.92 Å². The molecule has 5 rings (SSSR count). The Bertz CT molecular complexity index is 1390. The van der Waals surface area contributed by atoms with Gasteiger partial charge in [-0.15, -0.1) is 22.7 Å². The van der Waals surface area contributed by atoms with Crippen molar-refractivity contribution in [3.05, 3.63) is 80.0 Å². The number of alkyl carbamates (subject to hydrolysis) is 1. The lowest BCUT2D eigenvalue weighted by molar-refractivity contribution is -0.121. The second kappa shape index (κ2) is 11.1. The molecule has 1 aliphatic carbocycles. The smallest absolute Gasteiger partial charge is 0.407 e. The average Bonchev–Trinajstić information content (AvgIpc) is 3.62. The van der Waals surface area contributed by atoms with Crippen LogP contribution < -0.4 is 10.6 Å². The van der Waals surface area contributed by atoms with Crippen LogP contribution in [0.3, 0.4) is 0 Å². The van der Waals surface area contributed by atoms with E-state index in [0.29, 0.717) is 0 Å². The number of hydrogen-bond acceptors (Lipinski definition) is 7. The molecule has 1 atom stereocenters. The van der Waals surface area contributed by atoms with Gasteiger partial charge in [-0.3, -0.25) is 4.79 Å². The number of amides is 2. The van der Waals surface area contributed by atoms with Crippen molar-refractivity contribution in [2.24, 2.45) is 5.92 Å². The van der Waals surface area contributed by atoms with E-state index in [1.165, 1.54) is 33.8 Å². The fourth-order valence-corrected chi connectivity index (χ4v) is 6.75.